The van der Waals surface area contributed by atoms with Gasteiger partial charge in [0, 0.05) is 23.5 Å². The van der Waals surface area contributed by atoms with E-state index in [-0.39, 0.29) is 41.3 Å². The first-order valence-corrected chi connectivity index (χ1v) is 11.4. The number of aliphatic carboxylic acids is 1. The largest absolute Gasteiger partial charge is 0.477 e. The van der Waals surface area contributed by atoms with Crippen LogP contribution in [0.4, 0.5) is 11.9 Å². The zero-order valence-electron chi connectivity index (χ0n) is 18.6. The second-order valence-corrected chi connectivity index (χ2v) is 8.84. The zero-order chi connectivity index (χ0) is 25.6. The number of pyridine rings is 1. The van der Waals surface area contributed by atoms with Crippen molar-refractivity contribution >= 4 is 58.4 Å². The van der Waals surface area contributed by atoms with Crippen LogP contribution >= 0.6 is 11.8 Å². The van der Waals surface area contributed by atoms with Gasteiger partial charge in [-0.15, -0.1) is 11.8 Å². The molecule has 5 heterocycles. The molecular formula is C20H19N8O7S+. The summed E-state index contributed by atoms with van der Waals surface area (Å²) in [5.74, 6) is -2.37. The van der Waals surface area contributed by atoms with Crippen molar-refractivity contribution in [2.45, 2.75) is 18.0 Å². The van der Waals surface area contributed by atoms with Crippen LogP contribution in [0.15, 0.2) is 49.8 Å². The number of carbonyl (C=O) groups is 3. The number of carbonyl (C=O) groups excluding carboxylic acids is 2. The van der Waals surface area contributed by atoms with Crippen LogP contribution in [0.3, 0.4) is 0 Å². The summed E-state index contributed by atoms with van der Waals surface area (Å²) in [6.07, 6.45) is 1.70. The number of amides is 2. The van der Waals surface area contributed by atoms with Gasteiger partial charge in [-0.05, 0) is 6.07 Å². The van der Waals surface area contributed by atoms with Crippen molar-refractivity contribution in [1.29, 1.82) is 0 Å². The van der Waals surface area contributed by atoms with Gasteiger partial charge in [0.05, 0.1) is 0 Å². The van der Waals surface area contributed by atoms with Gasteiger partial charge in [-0.3, -0.25) is 14.5 Å². The molecule has 3 aromatic rings. The van der Waals surface area contributed by atoms with Gasteiger partial charge < -0.3 is 35.7 Å². The quantitative estimate of drug-likeness (QED) is 0.130. The van der Waals surface area contributed by atoms with Gasteiger partial charge in [-0.1, -0.05) is 10.3 Å². The molecule has 15 nitrogen and oxygen atoms in total. The number of fused-ring (bicyclic) bond motifs is 2. The molecule has 0 aliphatic carbocycles. The molecule has 16 heteroatoms. The van der Waals surface area contributed by atoms with Crippen LogP contribution < -0.4 is 21.4 Å². The molecule has 0 saturated carbocycles. The second-order valence-electron chi connectivity index (χ2n) is 7.73. The van der Waals surface area contributed by atoms with Crippen LogP contribution in [0.2, 0.25) is 0 Å². The number of oxime groups is 1. The number of thioether (sulfide) groups is 1. The Balaban J connectivity index is 1.38. The third-order valence-corrected chi connectivity index (χ3v) is 6.84. The summed E-state index contributed by atoms with van der Waals surface area (Å²) in [4.78, 5) is 48.0. The Kier molecular flexibility index (Phi) is 5.71. The van der Waals surface area contributed by atoms with E-state index in [9.17, 15) is 19.5 Å². The van der Waals surface area contributed by atoms with Gasteiger partial charge in [-0.2, -0.15) is 9.55 Å². The standard InChI is InChI=1S/C20H18N8O7S/c1-33-26-12(10-5-11(21)35-25-10)15(29)24-13-16(30)28-14(19(31)32)8(7-36-18(13)28)6-27-4-2-3-9-17(27)34-20(22)23-9/h2-5,13,18H,6-7H2,1H3,(H5-,21,22,23,24,25,29,31,32)/p+1/t13?,18-/m0/s1. The van der Waals surface area contributed by atoms with Gasteiger partial charge in [0.1, 0.15) is 29.9 Å². The Bertz CT molecular complexity index is 1460. The number of oxazole rings is 1. The highest BCUT2D eigenvalue weighted by atomic mass is 32.2. The molecule has 0 spiro atoms. The average Bonchev–Trinajstić information content (AvgIpc) is 3.45. The Morgan fingerprint density at radius 2 is 2.25 bits per heavy atom. The maximum atomic E-state index is 13.0. The van der Waals surface area contributed by atoms with E-state index >= 15 is 0 Å². The van der Waals surface area contributed by atoms with E-state index in [4.69, 9.17) is 25.2 Å². The number of carboxylic acid groups (broad SMARTS) is 1. The summed E-state index contributed by atoms with van der Waals surface area (Å²) in [7, 11) is 1.24. The summed E-state index contributed by atoms with van der Waals surface area (Å²) < 4.78 is 11.9. The molecule has 2 atom stereocenters. The molecule has 0 aromatic carbocycles. The Morgan fingerprint density at radius 3 is 2.94 bits per heavy atom. The number of aromatic nitrogens is 3. The molecule has 0 radical (unpaired) electrons. The summed E-state index contributed by atoms with van der Waals surface area (Å²) in [6.45, 7) is 0.131. The minimum Gasteiger partial charge on any atom is -0.477 e. The van der Waals surface area contributed by atoms with Gasteiger partial charge >= 0.3 is 11.7 Å². The molecule has 3 aromatic heterocycles. The Hall–Kier alpha value is -4.60. The normalized spacial score (nSPS) is 19.8. The number of anilines is 2. The lowest BCUT2D eigenvalue weighted by atomic mass is 10.0. The lowest BCUT2D eigenvalue weighted by Crippen LogP contribution is -2.71. The van der Waals surface area contributed by atoms with Crippen molar-refractivity contribution in [2.24, 2.45) is 5.16 Å². The summed E-state index contributed by atoms with van der Waals surface area (Å²) in [6, 6.07) is 3.71. The van der Waals surface area contributed by atoms with Crippen LogP contribution in [0.1, 0.15) is 5.69 Å². The smallest absolute Gasteiger partial charge is 0.402 e. The van der Waals surface area contributed by atoms with Crippen LogP contribution in [-0.4, -0.2) is 67.9 Å². The maximum absolute atomic E-state index is 13.0. The molecule has 36 heavy (non-hydrogen) atoms. The fraction of sp³-hybridized carbons (Fsp3) is 0.250. The van der Waals surface area contributed by atoms with Crippen molar-refractivity contribution in [3.05, 3.63) is 41.4 Å². The van der Waals surface area contributed by atoms with Crippen molar-refractivity contribution < 1.29 is 37.8 Å². The fourth-order valence-corrected chi connectivity index (χ4v) is 5.34. The lowest BCUT2D eigenvalue weighted by molar-refractivity contribution is -0.669. The molecule has 1 fully saturated rings. The summed E-state index contributed by atoms with van der Waals surface area (Å²) in [5.41, 5.74) is 12.1. The van der Waals surface area contributed by atoms with E-state index in [2.05, 4.69) is 20.6 Å². The highest BCUT2D eigenvalue weighted by Gasteiger charge is 2.55. The lowest BCUT2D eigenvalue weighted by Gasteiger charge is -2.49. The molecule has 1 saturated heterocycles. The van der Waals surface area contributed by atoms with Crippen LogP contribution in [0.25, 0.3) is 11.2 Å². The third kappa shape index (κ3) is 3.86. The van der Waals surface area contributed by atoms with E-state index in [0.717, 1.165) is 4.90 Å². The number of nitrogens with one attached hydrogen (secondary N) is 1. The van der Waals surface area contributed by atoms with E-state index in [0.29, 0.717) is 16.8 Å². The molecule has 6 N–H and O–H groups in total. The molecule has 0 bridgehead atoms. The number of rotatable bonds is 7. The number of hydrogen-bond acceptors (Lipinski definition) is 12. The van der Waals surface area contributed by atoms with Crippen molar-refractivity contribution in [3.63, 3.8) is 0 Å². The molecule has 2 amide bonds. The SMILES string of the molecule is CON=C(C(=O)NC1C(=O)N2C(C(=O)O)=C(C[n+]3cccc4nc(N)oc43)CS[C@@H]12)c1cc(N)on1. The average molecular weight is 515 g/mol. The van der Waals surface area contributed by atoms with Crippen LogP contribution in [0, 0.1) is 0 Å². The Labute approximate surface area is 205 Å². The fourth-order valence-electron chi connectivity index (χ4n) is 4.00. The molecule has 5 rings (SSSR count). The van der Waals surface area contributed by atoms with Crippen molar-refractivity contribution in [3.8, 4) is 0 Å². The number of nitrogens with zero attached hydrogens (tertiary/aromatic N) is 5. The monoisotopic (exact) mass is 515 g/mol. The predicted octanol–water partition coefficient (Wildman–Crippen LogP) is -0.943. The molecule has 186 valence electrons. The summed E-state index contributed by atoms with van der Waals surface area (Å²) in [5, 5.41) is 19.2. The van der Waals surface area contributed by atoms with E-state index in [1.54, 1.807) is 22.9 Å². The number of hydrogen-bond donors (Lipinski definition) is 4. The number of carboxylic acids is 1. The minimum absolute atomic E-state index is 0.0134. The highest BCUT2D eigenvalue weighted by Crippen LogP contribution is 2.40. The van der Waals surface area contributed by atoms with Crippen molar-refractivity contribution in [2.75, 3.05) is 24.3 Å². The number of nitrogens with two attached hydrogens (primary N) is 2. The number of β-lactam (4-membered cyclic amide) rings is 1. The zero-order valence-corrected chi connectivity index (χ0v) is 19.4. The minimum atomic E-state index is -1.27. The van der Waals surface area contributed by atoms with Crippen LogP contribution in [0.5, 0.6) is 0 Å². The predicted molar refractivity (Wildman–Crippen MR) is 123 cm³/mol. The first-order chi connectivity index (χ1) is 17.3. The first-order valence-electron chi connectivity index (χ1n) is 10.4. The Morgan fingerprint density at radius 1 is 1.44 bits per heavy atom. The van der Waals surface area contributed by atoms with Gasteiger partial charge in [-0.25, -0.2) is 4.79 Å². The maximum Gasteiger partial charge on any atom is 0.402 e. The highest BCUT2D eigenvalue weighted by molar-refractivity contribution is 8.00. The second kappa shape index (κ2) is 8.88. The van der Waals surface area contributed by atoms with E-state index < -0.39 is 29.2 Å². The van der Waals surface area contributed by atoms with Gasteiger partial charge in [0.2, 0.25) is 5.88 Å². The molecular weight excluding hydrogens is 496 g/mol. The molecule has 1 unspecified atom stereocenters. The van der Waals surface area contributed by atoms with E-state index in [1.807, 2.05) is 0 Å². The first kappa shape index (κ1) is 23.2. The van der Waals surface area contributed by atoms with Gasteiger partial charge in [0.15, 0.2) is 24.0 Å². The third-order valence-electron chi connectivity index (χ3n) is 5.50. The van der Waals surface area contributed by atoms with E-state index in [1.165, 1.54) is 24.9 Å². The topological polar surface area (TPSA) is 216 Å². The number of nitrogen functional groups attached to an aromatic ring is 2. The van der Waals surface area contributed by atoms with Crippen LogP contribution in [-0.2, 0) is 25.8 Å². The molecule has 2 aliphatic heterocycles. The van der Waals surface area contributed by atoms with Crippen molar-refractivity contribution in [1.82, 2.24) is 20.4 Å². The van der Waals surface area contributed by atoms with Gasteiger partial charge in [0.25, 0.3) is 17.8 Å². The summed E-state index contributed by atoms with van der Waals surface area (Å²) >= 11 is 1.31. The molecule has 2 aliphatic rings.